The van der Waals surface area contributed by atoms with E-state index in [1.165, 1.54) is 12.1 Å². The van der Waals surface area contributed by atoms with Gasteiger partial charge in [-0.2, -0.15) is 5.10 Å². The van der Waals surface area contributed by atoms with E-state index in [2.05, 4.69) is 60.8 Å². The van der Waals surface area contributed by atoms with Crippen LogP contribution in [0.2, 0.25) is 0 Å². The molecule has 232 valence electrons. The first-order chi connectivity index (χ1) is 21.7. The number of benzene rings is 1. The van der Waals surface area contributed by atoms with Crippen molar-refractivity contribution >= 4 is 40.3 Å². The lowest BCUT2D eigenvalue weighted by molar-refractivity contribution is 0.425. The van der Waals surface area contributed by atoms with Crippen LogP contribution in [0.4, 0.5) is 15.8 Å². The van der Waals surface area contributed by atoms with Crippen LogP contribution in [-0.2, 0) is 0 Å². The molecule has 0 saturated heterocycles. The van der Waals surface area contributed by atoms with E-state index in [1.807, 2.05) is 51.4 Å². The summed E-state index contributed by atoms with van der Waals surface area (Å²) in [5, 5.41) is 16.0. The fourth-order valence-electron chi connectivity index (χ4n) is 5.04. The van der Waals surface area contributed by atoms with E-state index in [-0.39, 0.29) is 5.82 Å². The van der Waals surface area contributed by atoms with Crippen molar-refractivity contribution in [1.29, 1.82) is 0 Å². The maximum atomic E-state index is 14.7. The van der Waals surface area contributed by atoms with Crippen LogP contribution < -0.4 is 21.2 Å². The van der Waals surface area contributed by atoms with E-state index in [4.69, 9.17) is 4.98 Å². The molecule has 5 aromatic rings. The summed E-state index contributed by atoms with van der Waals surface area (Å²) in [6.07, 6.45) is 12.3. The van der Waals surface area contributed by atoms with Gasteiger partial charge in [-0.25, -0.2) is 14.4 Å². The minimum absolute atomic E-state index is 0.325. The van der Waals surface area contributed by atoms with Crippen molar-refractivity contribution in [2.75, 3.05) is 37.8 Å². The molecule has 4 aromatic heterocycles. The van der Waals surface area contributed by atoms with Gasteiger partial charge in [0.05, 0.1) is 22.8 Å². The zero-order valence-electron chi connectivity index (χ0n) is 26.3. The van der Waals surface area contributed by atoms with E-state index in [1.54, 1.807) is 18.6 Å². The number of nitrogens with zero attached hydrogens (tertiary/aromatic N) is 5. The highest BCUT2D eigenvalue weighted by molar-refractivity contribution is 5.93. The fraction of sp³-hybridized carbons (Fsp3) is 0.257. The Labute approximate surface area is 262 Å². The molecule has 0 fully saturated rings. The van der Waals surface area contributed by atoms with Crippen LogP contribution in [0.1, 0.15) is 38.7 Å². The van der Waals surface area contributed by atoms with Crippen LogP contribution in [0.3, 0.4) is 0 Å². The van der Waals surface area contributed by atoms with Gasteiger partial charge in [-0.05, 0) is 81.4 Å². The lowest BCUT2D eigenvalue weighted by Crippen LogP contribution is -2.23. The number of allylic oxidation sites excluding steroid dienone is 2. The first-order valence-electron chi connectivity index (χ1n) is 15.1. The monoisotopic (exact) mass is 605 g/mol. The summed E-state index contributed by atoms with van der Waals surface area (Å²) >= 11 is 0. The molecule has 0 aliphatic carbocycles. The number of likely N-dealkylation sites (N-methyl/N-ethyl adjacent to an activating group) is 1. The van der Waals surface area contributed by atoms with Crippen molar-refractivity contribution in [2.24, 2.45) is 0 Å². The van der Waals surface area contributed by atoms with Crippen molar-refractivity contribution < 1.29 is 4.39 Å². The first-order valence-corrected chi connectivity index (χ1v) is 15.1. The Morgan fingerprint density at radius 3 is 2.73 bits per heavy atom. The molecule has 0 radical (unpaired) electrons. The van der Waals surface area contributed by atoms with E-state index >= 15 is 0 Å². The standard InChI is InChI=1S/C35H40FN9/c1-7-9-10-23(4)40-28-18-25(20-37-21-28)22(3)15-30-31(8-2)43-44-33(30)35-41-32-29(11-12-39-34(32)42-35)24-16-26(36)19-27(17-24)38-13-14-45(5)6/h8,11-12,15-21,38,40,43H,3-4,7,9-10,13-14H2,1-2,5-6H3,(H,39,41,42)/b30-15+,31-8+. The highest BCUT2D eigenvalue weighted by Gasteiger charge is 2.16. The Morgan fingerprint density at radius 1 is 1.11 bits per heavy atom. The lowest BCUT2D eigenvalue weighted by atomic mass is 10.0. The van der Waals surface area contributed by atoms with Crippen LogP contribution >= 0.6 is 0 Å². The van der Waals surface area contributed by atoms with Gasteiger partial charge in [-0.3, -0.25) is 10.1 Å². The second kappa shape index (κ2) is 14.1. The van der Waals surface area contributed by atoms with Crippen LogP contribution in [0.5, 0.6) is 0 Å². The predicted molar refractivity (Wildman–Crippen MR) is 183 cm³/mol. The quantitative estimate of drug-likeness (QED) is 0.132. The Balaban J connectivity index is 1.49. The molecule has 45 heavy (non-hydrogen) atoms. The maximum Gasteiger partial charge on any atom is 0.178 e. The smallest absolute Gasteiger partial charge is 0.178 e. The molecule has 0 aliphatic heterocycles. The number of hydrogen-bond acceptors (Lipinski definition) is 7. The molecule has 1 aromatic carbocycles. The summed E-state index contributed by atoms with van der Waals surface area (Å²) in [5.41, 5.74) is 7.49. The number of anilines is 2. The number of imidazole rings is 1. The highest BCUT2D eigenvalue weighted by Crippen LogP contribution is 2.30. The number of halogens is 1. The maximum absolute atomic E-state index is 14.7. The van der Waals surface area contributed by atoms with Crippen molar-refractivity contribution in [3.05, 3.63) is 89.7 Å². The molecule has 0 saturated carbocycles. The third-order valence-electron chi connectivity index (χ3n) is 7.42. The minimum Gasteiger partial charge on any atom is -0.384 e. The average molecular weight is 606 g/mol. The van der Waals surface area contributed by atoms with Crippen molar-refractivity contribution in [1.82, 2.24) is 35.0 Å². The zero-order chi connectivity index (χ0) is 31.9. The van der Waals surface area contributed by atoms with Crippen LogP contribution in [0.25, 0.3) is 51.5 Å². The number of pyridine rings is 2. The number of aromatic amines is 2. The molecular weight excluding hydrogens is 565 g/mol. The number of hydrogen-bond donors (Lipinski definition) is 4. The summed E-state index contributed by atoms with van der Waals surface area (Å²) in [4.78, 5) is 19.2. The van der Waals surface area contributed by atoms with Gasteiger partial charge in [-0.15, -0.1) is 0 Å². The number of H-pyrrole nitrogens is 2. The van der Waals surface area contributed by atoms with E-state index in [0.717, 1.165) is 64.5 Å². The van der Waals surface area contributed by atoms with Crippen LogP contribution in [0.15, 0.2) is 67.8 Å². The van der Waals surface area contributed by atoms with E-state index in [9.17, 15) is 4.39 Å². The van der Waals surface area contributed by atoms with Crippen molar-refractivity contribution in [2.45, 2.75) is 33.1 Å². The molecule has 0 unspecified atom stereocenters. The van der Waals surface area contributed by atoms with Crippen LogP contribution in [-0.4, -0.2) is 62.2 Å². The minimum atomic E-state index is -0.325. The highest BCUT2D eigenvalue weighted by atomic mass is 19.1. The van der Waals surface area contributed by atoms with E-state index < -0.39 is 0 Å². The van der Waals surface area contributed by atoms with Gasteiger partial charge in [0.25, 0.3) is 0 Å². The lowest BCUT2D eigenvalue weighted by Gasteiger charge is -2.13. The zero-order valence-corrected chi connectivity index (χ0v) is 26.3. The Kier molecular flexibility index (Phi) is 9.84. The van der Waals surface area contributed by atoms with Gasteiger partial charge >= 0.3 is 0 Å². The summed E-state index contributed by atoms with van der Waals surface area (Å²) in [5.74, 6) is 0.212. The SMILES string of the molecule is C=C(CCCC)Nc1cncc(C(=C)/C=c2/c(-c3nc4nccc(-c5cc(F)cc(NCCN(C)C)c5)c4[nH]3)n[nH]/c2=C/C)c1. The first kappa shape index (κ1) is 31.3. The summed E-state index contributed by atoms with van der Waals surface area (Å²) in [6.45, 7) is 14.1. The molecule has 0 bridgehead atoms. The van der Waals surface area contributed by atoms with Crippen LogP contribution in [0, 0.1) is 5.82 Å². The van der Waals surface area contributed by atoms with Gasteiger partial charge in [0, 0.05) is 53.2 Å². The molecule has 0 spiro atoms. The molecule has 0 aliphatic rings. The Hall–Kier alpha value is -5.09. The normalized spacial score (nSPS) is 12.3. The van der Waals surface area contributed by atoms with Gasteiger partial charge in [0.2, 0.25) is 0 Å². The molecule has 9 nitrogen and oxygen atoms in total. The largest absolute Gasteiger partial charge is 0.384 e. The number of aromatic nitrogens is 6. The van der Waals surface area contributed by atoms with E-state index in [0.29, 0.717) is 40.5 Å². The number of rotatable bonds is 13. The molecule has 4 N–H and O–H groups in total. The predicted octanol–water partition coefficient (Wildman–Crippen LogP) is 5.93. The Morgan fingerprint density at radius 2 is 1.96 bits per heavy atom. The molecule has 10 heteroatoms. The second-order valence-electron chi connectivity index (χ2n) is 11.3. The summed E-state index contributed by atoms with van der Waals surface area (Å²) in [6, 6.07) is 8.83. The molecule has 0 amide bonds. The third-order valence-corrected chi connectivity index (χ3v) is 7.42. The summed E-state index contributed by atoms with van der Waals surface area (Å²) < 4.78 is 14.7. The third kappa shape index (κ3) is 7.53. The molecule has 5 rings (SSSR count). The van der Waals surface area contributed by atoms with Gasteiger partial charge in [-0.1, -0.05) is 32.6 Å². The van der Waals surface area contributed by atoms with Gasteiger partial charge in [0.15, 0.2) is 11.5 Å². The molecular formula is C35H40FN9. The molecule has 4 heterocycles. The van der Waals surface area contributed by atoms with Gasteiger partial charge in [0.1, 0.15) is 11.5 Å². The topological polar surface area (TPSA) is 110 Å². The summed E-state index contributed by atoms with van der Waals surface area (Å²) in [7, 11) is 4.00. The fourth-order valence-corrected chi connectivity index (χ4v) is 5.04. The average Bonchev–Trinajstić information content (AvgIpc) is 3.63. The molecule has 0 atom stereocenters. The van der Waals surface area contributed by atoms with Crippen molar-refractivity contribution in [3.63, 3.8) is 0 Å². The second-order valence-corrected chi connectivity index (χ2v) is 11.3. The van der Waals surface area contributed by atoms with Crippen molar-refractivity contribution in [3.8, 4) is 22.6 Å². The van der Waals surface area contributed by atoms with Gasteiger partial charge < -0.3 is 20.5 Å². The number of unbranched alkanes of at least 4 members (excludes halogenated alkanes) is 1. The number of fused-ring (bicyclic) bond motifs is 1. The number of nitrogens with one attached hydrogen (secondary N) is 4. The Bertz CT molecular complexity index is 1950.